The Morgan fingerprint density at radius 2 is 1.62 bits per heavy atom. The van der Waals surface area contributed by atoms with Crippen molar-refractivity contribution in [3.8, 4) is 5.75 Å². The van der Waals surface area contributed by atoms with Crippen molar-refractivity contribution in [2.45, 2.75) is 6.92 Å². The molecule has 0 saturated heterocycles. The van der Waals surface area contributed by atoms with Crippen LogP contribution in [0.4, 0.5) is 0 Å². The molecule has 1 aliphatic heterocycles. The van der Waals surface area contributed by atoms with E-state index in [0.29, 0.717) is 11.4 Å². The standard InChI is InChI=1S/C19H17NO4/c1-2-23-16(21)13-20-17(14-9-5-3-6-10-14)18(19(20)22)24-15-11-7-4-8-12-15/h3-12H,2,13H2,1H3. The quantitative estimate of drug-likeness (QED) is 0.767. The summed E-state index contributed by atoms with van der Waals surface area (Å²) in [5, 5.41) is 0. The minimum atomic E-state index is -0.446. The van der Waals surface area contributed by atoms with Crippen molar-refractivity contribution in [2.24, 2.45) is 0 Å². The van der Waals surface area contributed by atoms with E-state index in [1.165, 1.54) is 4.90 Å². The molecule has 0 spiro atoms. The summed E-state index contributed by atoms with van der Waals surface area (Å²) in [7, 11) is 0. The zero-order valence-corrected chi connectivity index (χ0v) is 13.3. The molecule has 0 saturated carbocycles. The average Bonchev–Trinajstić information content (AvgIpc) is 2.62. The van der Waals surface area contributed by atoms with Gasteiger partial charge in [-0.05, 0) is 19.1 Å². The van der Waals surface area contributed by atoms with Crippen LogP contribution in [0.3, 0.4) is 0 Å². The number of para-hydroxylation sites is 1. The number of amides is 1. The van der Waals surface area contributed by atoms with Gasteiger partial charge in [-0.1, -0.05) is 48.5 Å². The van der Waals surface area contributed by atoms with Gasteiger partial charge in [-0.25, -0.2) is 0 Å². The zero-order valence-electron chi connectivity index (χ0n) is 13.3. The summed E-state index contributed by atoms with van der Waals surface area (Å²) in [5.41, 5.74) is 1.41. The Hall–Kier alpha value is -3.08. The van der Waals surface area contributed by atoms with Crippen molar-refractivity contribution < 1.29 is 19.1 Å². The number of ether oxygens (including phenoxy) is 2. The highest BCUT2D eigenvalue weighted by Crippen LogP contribution is 2.35. The van der Waals surface area contributed by atoms with E-state index >= 15 is 0 Å². The molecule has 5 heteroatoms. The highest BCUT2D eigenvalue weighted by Gasteiger charge is 2.40. The molecule has 0 aromatic heterocycles. The van der Waals surface area contributed by atoms with Gasteiger partial charge in [0.15, 0.2) is 0 Å². The van der Waals surface area contributed by atoms with E-state index in [2.05, 4.69) is 0 Å². The van der Waals surface area contributed by atoms with Gasteiger partial charge in [-0.15, -0.1) is 0 Å². The second-order valence-corrected chi connectivity index (χ2v) is 5.16. The molecule has 1 amide bonds. The van der Waals surface area contributed by atoms with Crippen LogP contribution in [0.25, 0.3) is 5.70 Å². The first-order valence-electron chi connectivity index (χ1n) is 7.70. The van der Waals surface area contributed by atoms with Crippen LogP contribution in [-0.2, 0) is 14.3 Å². The van der Waals surface area contributed by atoms with E-state index < -0.39 is 5.97 Å². The van der Waals surface area contributed by atoms with Crippen LogP contribution in [0.5, 0.6) is 5.75 Å². The molecule has 122 valence electrons. The third-order valence-corrected chi connectivity index (χ3v) is 3.53. The number of hydrogen-bond acceptors (Lipinski definition) is 4. The molecule has 2 aromatic rings. The molecule has 0 aliphatic carbocycles. The molecular formula is C19H17NO4. The van der Waals surface area contributed by atoms with Gasteiger partial charge < -0.3 is 9.47 Å². The third-order valence-electron chi connectivity index (χ3n) is 3.53. The van der Waals surface area contributed by atoms with Crippen LogP contribution in [-0.4, -0.2) is 29.9 Å². The average molecular weight is 323 g/mol. The van der Waals surface area contributed by atoms with Crippen LogP contribution in [0.15, 0.2) is 66.4 Å². The number of nitrogens with zero attached hydrogens (tertiary/aromatic N) is 1. The molecule has 0 atom stereocenters. The second-order valence-electron chi connectivity index (χ2n) is 5.16. The first-order chi connectivity index (χ1) is 11.7. The third kappa shape index (κ3) is 3.15. The van der Waals surface area contributed by atoms with Crippen molar-refractivity contribution in [2.75, 3.05) is 13.2 Å². The molecule has 3 rings (SSSR count). The summed E-state index contributed by atoms with van der Waals surface area (Å²) in [4.78, 5) is 25.6. The van der Waals surface area contributed by atoms with Gasteiger partial charge in [0.1, 0.15) is 18.0 Å². The second kappa shape index (κ2) is 7.00. The van der Waals surface area contributed by atoms with Crippen molar-refractivity contribution >= 4 is 17.6 Å². The Labute approximate surface area is 140 Å². The highest BCUT2D eigenvalue weighted by atomic mass is 16.5. The lowest BCUT2D eigenvalue weighted by molar-refractivity contribution is -0.147. The van der Waals surface area contributed by atoms with Crippen LogP contribution in [0.1, 0.15) is 12.5 Å². The van der Waals surface area contributed by atoms with Crippen LogP contribution < -0.4 is 4.74 Å². The van der Waals surface area contributed by atoms with Gasteiger partial charge in [0.05, 0.1) is 6.61 Å². The van der Waals surface area contributed by atoms with E-state index in [4.69, 9.17) is 9.47 Å². The van der Waals surface area contributed by atoms with Gasteiger partial charge in [0.25, 0.3) is 5.91 Å². The number of carbonyl (C=O) groups excluding carboxylic acids is 2. The first-order valence-corrected chi connectivity index (χ1v) is 7.70. The fourth-order valence-corrected chi connectivity index (χ4v) is 2.46. The van der Waals surface area contributed by atoms with Crippen LogP contribution in [0, 0.1) is 0 Å². The molecule has 0 fully saturated rings. The highest BCUT2D eigenvalue weighted by molar-refractivity contribution is 6.13. The molecule has 1 heterocycles. The Morgan fingerprint density at radius 3 is 2.25 bits per heavy atom. The smallest absolute Gasteiger partial charge is 0.326 e. The molecule has 24 heavy (non-hydrogen) atoms. The number of esters is 1. The lowest BCUT2D eigenvalue weighted by Crippen LogP contribution is -2.46. The molecule has 1 aliphatic rings. The number of benzene rings is 2. The fourth-order valence-electron chi connectivity index (χ4n) is 2.46. The maximum absolute atomic E-state index is 12.4. The summed E-state index contributed by atoms with van der Waals surface area (Å²) in [5.74, 6) is 0.0329. The normalized spacial score (nSPS) is 13.5. The summed E-state index contributed by atoms with van der Waals surface area (Å²) >= 11 is 0. The van der Waals surface area contributed by atoms with Gasteiger partial charge >= 0.3 is 5.97 Å². The van der Waals surface area contributed by atoms with Crippen molar-refractivity contribution in [1.29, 1.82) is 0 Å². The van der Waals surface area contributed by atoms with E-state index in [1.54, 1.807) is 19.1 Å². The molecular weight excluding hydrogens is 306 g/mol. The van der Waals surface area contributed by atoms with E-state index in [-0.39, 0.29) is 24.8 Å². The lowest BCUT2D eigenvalue weighted by Gasteiger charge is -2.35. The zero-order chi connectivity index (χ0) is 16.9. The number of rotatable bonds is 6. The molecule has 0 radical (unpaired) electrons. The van der Waals surface area contributed by atoms with Gasteiger partial charge in [-0.2, -0.15) is 0 Å². The monoisotopic (exact) mass is 323 g/mol. The Balaban J connectivity index is 1.92. The van der Waals surface area contributed by atoms with E-state index in [0.717, 1.165) is 5.56 Å². The molecule has 5 nitrogen and oxygen atoms in total. The topological polar surface area (TPSA) is 55.8 Å². The Bertz CT molecular complexity index is 768. The molecule has 0 unspecified atom stereocenters. The van der Waals surface area contributed by atoms with Crippen LogP contribution >= 0.6 is 0 Å². The Kier molecular flexibility index (Phi) is 4.61. The lowest BCUT2D eigenvalue weighted by atomic mass is 10.0. The Morgan fingerprint density at radius 1 is 1.00 bits per heavy atom. The maximum atomic E-state index is 12.4. The molecule has 0 bridgehead atoms. The summed E-state index contributed by atoms with van der Waals surface area (Å²) < 4.78 is 10.7. The minimum Gasteiger partial charge on any atom is -0.465 e. The SMILES string of the molecule is CCOC(=O)CN1C(=O)C(Oc2ccccc2)=C1c1ccccc1. The summed E-state index contributed by atoms with van der Waals surface area (Å²) in [6.45, 7) is 1.88. The summed E-state index contributed by atoms with van der Waals surface area (Å²) in [6.07, 6.45) is 0. The molecule has 0 N–H and O–H groups in total. The first kappa shape index (κ1) is 15.8. The fraction of sp³-hybridized carbons (Fsp3) is 0.158. The predicted octanol–water partition coefficient (Wildman–Crippen LogP) is 2.84. The largest absolute Gasteiger partial charge is 0.465 e. The predicted molar refractivity (Wildman–Crippen MR) is 88.8 cm³/mol. The van der Waals surface area contributed by atoms with E-state index in [1.807, 2.05) is 48.5 Å². The molecule has 2 aromatic carbocycles. The van der Waals surface area contributed by atoms with Gasteiger partial charge in [0.2, 0.25) is 5.76 Å². The van der Waals surface area contributed by atoms with Gasteiger partial charge in [0, 0.05) is 5.56 Å². The number of hydrogen-bond donors (Lipinski definition) is 0. The maximum Gasteiger partial charge on any atom is 0.326 e. The van der Waals surface area contributed by atoms with Crippen molar-refractivity contribution in [1.82, 2.24) is 4.90 Å². The summed E-state index contributed by atoms with van der Waals surface area (Å²) in [6, 6.07) is 18.4. The van der Waals surface area contributed by atoms with Crippen LogP contribution in [0.2, 0.25) is 0 Å². The van der Waals surface area contributed by atoms with E-state index in [9.17, 15) is 9.59 Å². The number of carbonyl (C=O) groups is 2. The van der Waals surface area contributed by atoms with Crippen molar-refractivity contribution in [3.05, 3.63) is 72.0 Å². The van der Waals surface area contributed by atoms with Crippen molar-refractivity contribution in [3.63, 3.8) is 0 Å². The van der Waals surface area contributed by atoms with Gasteiger partial charge in [-0.3, -0.25) is 14.5 Å². The minimum absolute atomic E-state index is 0.126.